The zero-order valence-corrected chi connectivity index (χ0v) is 24.5. The number of anilines is 3. The largest absolute Gasteiger partial charge is 0.456 e. The number of hydrogen-bond donors (Lipinski definition) is 0. The fourth-order valence-electron chi connectivity index (χ4n) is 7.48. The van der Waals surface area contributed by atoms with Crippen LogP contribution in [0.4, 0.5) is 17.1 Å². The van der Waals surface area contributed by atoms with Crippen LogP contribution >= 0.6 is 0 Å². The molecule has 0 radical (unpaired) electrons. The van der Waals surface area contributed by atoms with E-state index in [2.05, 4.69) is 143 Å². The third-order valence-electron chi connectivity index (χ3n) is 9.55. The summed E-state index contributed by atoms with van der Waals surface area (Å²) >= 11 is 0. The molecule has 2 aromatic heterocycles. The molecule has 3 heteroatoms. The molecule has 2 heterocycles. The zero-order chi connectivity index (χ0) is 29.0. The van der Waals surface area contributed by atoms with E-state index in [4.69, 9.17) is 4.42 Å². The monoisotopic (exact) mass is 568 g/mol. The lowest BCUT2D eigenvalue weighted by atomic mass is 9.97. The quantitative estimate of drug-likeness (QED) is 0.206. The van der Waals surface area contributed by atoms with Crippen molar-refractivity contribution >= 4 is 60.8 Å². The summed E-state index contributed by atoms with van der Waals surface area (Å²) in [6, 6.07) is 50.4. The van der Waals surface area contributed by atoms with E-state index in [1.54, 1.807) is 0 Å². The Balaban J connectivity index is 1.22. The third-order valence-corrected chi connectivity index (χ3v) is 9.55. The van der Waals surface area contributed by atoms with Gasteiger partial charge in [-0.15, -0.1) is 0 Å². The fraction of sp³-hybridized carbons (Fsp3) is 0.122. The van der Waals surface area contributed by atoms with Gasteiger partial charge in [-0.05, 0) is 91.1 Å². The van der Waals surface area contributed by atoms with Crippen LogP contribution in [-0.2, 0) is 0 Å². The summed E-state index contributed by atoms with van der Waals surface area (Å²) in [6.07, 6.45) is 5.28. The minimum Gasteiger partial charge on any atom is -0.456 e. The topological polar surface area (TPSA) is 21.3 Å². The molecule has 0 saturated heterocycles. The molecule has 0 unspecified atom stereocenters. The van der Waals surface area contributed by atoms with Crippen molar-refractivity contribution in [2.75, 3.05) is 4.90 Å². The van der Waals surface area contributed by atoms with E-state index < -0.39 is 0 Å². The van der Waals surface area contributed by atoms with Crippen molar-refractivity contribution < 1.29 is 4.42 Å². The van der Waals surface area contributed by atoms with Crippen LogP contribution in [0.25, 0.3) is 49.4 Å². The number of para-hydroxylation sites is 3. The molecule has 1 fully saturated rings. The van der Waals surface area contributed by atoms with Crippen molar-refractivity contribution in [1.82, 2.24) is 4.57 Å². The predicted molar refractivity (Wildman–Crippen MR) is 184 cm³/mol. The summed E-state index contributed by atoms with van der Waals surface area (Å²) in [4.78, 5) is 2.39. The second kappa shape index (κ2) is 10.2. The Bertz CT molecular complexity index is 2230. The predicted octanol–water partition coefficient (Wildman–Crippen LogP) is 11.8. The minimum absolute atomic E-state index is 0.684. The Morgan fingerprint density at radius 1 is 0.523 bits per heavy atom. The maximum absolute atomic E-state index is 6.32. The highest BCUT2D eigenvalue weighted by atomic mass is 16.3. The molecule has 0 aliphatic heterocycles. The molecule has 0 spiro atoms. The molecule has 0 bridgehead atoms. The molecule has 8 aromatic rings. The normalized spacial score (nSPS) is 13.9. The Morgan fingerprint density at radius 2 is 1.09 bits per heavy atom. The standard InChI is InChI=1S/C41H32N2O/c1-2-11-28(10-1)29-20-22-30(23-21-29)42(38-17-9-19-40-41(38)35-14-5-8-18-39(35)44-40)31-24-26-32(27-25-31)43-36-15-6-3-12-33(36)34-13-4-7-16-37(34)43/h3-9,12-28H,1-2,10-11H2. The number of benzene rings is 6. The van der Waals surface area contributed by atoms with Gasteiger partial charge < -0.3 is 13.9 Å². The second-order valence-corrected chi connectivity index (χ2v) is 12.0. The molecular weight excluding hydrogens is 536 g/mol. The molecule has 0 amide bonds. The highest BCUT2D eigenvalue weighted by Crippen LogP contribution is 2.44. The van der Waals surface area contributed by atoms with E-state index in [1.165, 1.54) is 53.1 Å². The summed E-state index contributed by atoms with van der Waals surface area (Å²) in [7, 11) is 0. The molecule has 212 valence electrons. The van der Waals surface area contributed by atoms with Crippen molar-refractivity contribution in [1.29, 1.82) is 0 Å². The second-order valence-electron chi connectivity index (χ2n) is 12.0. The number of rotatable bonds is 5. The Morgan fingerprint density at radius 3 is 1.77 bits per heavy atom. The lowest BCUT2D eigenvalue weighted by Crippen LogP contribution is -2.10. The maximum atomic E-state index is 6.32. The SMILES string of the molecule is c1ccc2c(c1)oc1cccc(N(c3ccc(C4CCCC4)cc3)c3ccc(-n4c5ccccc5c5ccccc54)cc3)c12. The number of fused-ring (bicyclic) bond motifs is 6. The molecular formula is C41H32N2O. The first-order chi connectivity index (χ1) is 21.8. The molecule has 1 aliphatic rings. The Kier molecular flexibility index (Phi) is 5.83. The van der Waals surface area contributed by atoms with Gasteiger partial charge in [0.1, 0.15) is 11.2 Å². The molecule has 9 rings (SSSR count). The summed E-state index contributed by atoms with van der Waals surface area (Å²) in [5, 5.41) is 4.81. The smallest absolute Gasteiger partial charge is 0.137 e. The van der Waals surface area contributed by atoms with Gasteiger partial charge in [-0.1, -0.05) is 85.6 Å². The fourth-order valence-corrected chi connectivity index (χ4v) is 7.48. The average molecular weight is 569 g/mol. The van der Waals surface area contributed by atoms with Crippen LogP contribution in [0.15, 0.2) is 144 Å². The number of hydrogen-bond acceptors (Lipinski definition) is 2. The van der Waals surface area contributed by atoms with Crippen molar-refractivity contribution in [2.45, 2.75) is 31.6 Å². The van der Waals surface area contributed by atoms with Gasteiger partial charge in [0.2, 0.25) is 0 Å². The van der Waals surface area contributed by atoms with Gasteiger partial charge in [0.15, 0.2) is 0 Å². The first kappa shape index (κ1) is 25.2. The van der Waals surface area contributed by atoms with Crippen LogP contribution in [0.1, 0.15) is 37.2 Å². The molecule has 0 atom stereocenters. The number of nitrogens with zero attached hydrogens (tertiary/aromatic N) is 2. The highest BCUT2D eigenvalue weighted by molar-refractivity contribution is 6.13. The van der Waals surface area contributed by atoms with E-state index >= 15 is 0 Å². The highest BCUT2D eigenvalue weighted by Gasteiger charge is 2.21. The molecule has 6 aromatic carbocycles. The molecule has 1 aliphatic carbocycles. The van der Waals surface area contributed by atoms with Crippen LogP contribution < -0.4 is 4.90 Å². The van der Waals surface area contributed by atoms with Crippen molar-refractivity contribution in [3.05, 3.63) is 145 Å². The number of aromatic nitrogens is 1. The van der Waals surface area contributed by atoms with Crippen LogP contribution in [0, 0.1) is 0 Å². The lowest BCUT2D eigenvalue weighted by Gasteiger charge is -2.27. The number of furan rings is 1. The van der Waals surface area contributed by atoms with Gasteiger partial charge in [-0.25, -0.2) is 0 Å². The lowest BCUT2D eigenvalue weighted by molar-refractivity contribution is 0.669. The third kappa shape index (κ3) is 3.96. The summed E-state index contributed by atoms with van der Waals surface area (Å²) in [5.74, 6) is 0.684. The van der Waals surface area contributed by atoms with E-state index in [1.807, 2.05) is 6.07 Å². The van der Waals surface area contributed by atoms with Gasteiger partial charge in [0, 0.05) is 33.2 Å². The van der Waals surface area contributed by atoms with E-state index in [0.29, 0.717) is 5.92 Å². The van der Waals surface area contributed by atoms with Gasteiger partial charge >= 0.3 is 0 Å². The summed E-state index contributed by atoms with van der Waals surface area (Å²) < 4.78 is 8.70. The average Bonchev–Trinajstić information content (AvgIpc) is 3.83. The van der Waals surface area contributed by atoms with Gasteiger partial charge in [0.05, 0.1) is 22.1 Å². The van der Waals surface area contributed by atoms with Gasteiger partial charge in [-0.2, -0.15) is 0 Å². The van der Waals surface area contributed by atoms with E-state index in [9.17, 15) is 0 Å². The Hall–Kier alpha value is -5.28. The van der Waals surface area contributed by atoms with Crippen LogP contribution in [0.2, 0.25) is 0 Å². The van der Waals surface area contributed by atoms with E-state index in [0.717, 1.165) is 44.7 Å². The Labute approximate surface area is 256 Å². The maximum Gasteiger partial charge on any atom is 0.137 e. The first-order valence-corrected chi connectivity index (χ1v) is 15.7. The molecule has 1 saturated carbocycles. The van der Waals surface area contributed by atoms with Crippen molar-refractivity contribution in [3.63, 3.8) is 0 Å². The van der Waals surface area contributed by atoms with Crippen LogP contribution in [0.5, 0.6) is 0 Å². The van der Waals surface area contributed by atoms with Gasteiger partial charge in [-0.3, -0.25) is 0 Å². The van der Waals surface area contributed by atoms with Crippen molar-refractivity contribution in [2.24, 2.45) is 0 Å². The minimum atomic E-state index is 0.684. The van der Waals surface area contributed by atoms with Crippen LogP contribution in [-0.4, -0.2) is 4.57 Å². The molecule has 3 nitrogen and oxygen atoms in total. The van der Waals surface area contributed by atoms with Gasteiger partial charge in [0.25, 0.3) is 0 Å². The van der Waals surface area contributed by atoms with Crippen LogP contribution in [0.3, 0.4) is 0 Å². The first-order valence-electron chi connectivity index (χ1n) is 15.7. The summed E-state index contributed by atoms with van der Waals surface area (Å²) in [5.41, 5.74) is 10.2. The molecule has 44 heavy (non-hydrogen) atoms. The van der Waals surface area contributed by atoms with E-state index in [-0.39, 0.29) is 0 Å². The zero-order valence-electron chi connectivity index (χ0n) is 24.5. The molecule has 0 N–H and O–H groups in total. The van der Waals surface area contributed by atoms with Crippen molar-refractivity contribution in [3.8, 4) is 5.69 Å². The summed E-state index contributed by atoms with van der Waals surface area (Å²) in [6.45, 7) is 0.